The summed E-state index contributed by atoms with van der Waals surface area (Å²) in [6.07, 6.45) is 3.42. The molecule has 7 heteroatoms. The average Bonchev–Trinajstić information content (AvgIpc) is 3.19. The number of hydrogen-bond acceptors (Lipinski definition) is 5. The van der Waals surface area contributed by atoms with Crippen LogP contribution in [0.25, 0.3) is 27.8 Å². The Kier molecular flexibility index (Phi) is 6.68. The first-order chi connectivity index (χ1) is 15.6. The Morgan fingerprint density at radius 2 is 1.81 bits per heavy atom. The summed E-state index contributed by atoms with van der Waals surface area (Å²) in [5, 5.41) is 8.16. The van der Waals surface area contributed by atoms with Gasteiger partial charge in [-0.2, -0.15) is 0 Å². The zero-order valence-corrected chi connectivity index (χ0v) is 18.4. The maximum atomic E-state index is 12.6. The molecule has 2 N–H and O–H groups in total. The number of aliphatic hydroxyl groups excluding tert-OH is 1. The second-order valence-electron chi connectivity index (χ2n) is 7.92. The fraction of sp³-hybridized carbons (Fsp3) is 0.280. The van der Waals surface area contributed by atoms with Gasteiger partial charge in [0.2, 0.25) is 0 Å². The van der Waals surface area contributed by atoms with E-state index in [-0.39, 0.29) is 12.2 Å². The Hall–Kier alpha value is -3.42. The molecular formula is C25H28N4O3. The van der Waals surface area contributed by atoms with Crippen molar-refractivity contribution in [3.63, 3.8) is 0 Å². The monoisotopic (exact) mass is 432 g/mol. The molecule has 0 atom stereocenters. The van der Waals surface area contributed by atoms with E-state index in [9.17, 15) is 4.79 Å². The highest BCUT2D eigenvalue weighted by Crippen LogP contribution is 2.30. The van der Waals surface area contributed by atoms with Gasteiger partial charge in [-0.15, -0.1) is 0 Å². The van der Waals surface area contributed by atoms with E-state index < -0.39 is 0 Å². The molecule has 1 aliphatic heterocycles. The highest BCUT2D eigenvalue weighted by Gasteiger charge is 2.23. The predicted molar refractivity (Wildman–Crippen MR) is 126 cm³/mol. The lowest BCUT2D eigenvalue weighted by atomic mass is 10.0. The highest BCUT2D eigenvalue weighted by atomic mass is 16.5. The minimum absolute atomic E-state index is 0.144. The van der Waals surface area contributed by atoms with Crippen molar-refractivity contribution in [3.05, 3.63) is 77.5 Å². The van der Waals surface area contributed by atoms with Gasteiger partial charge >= 0.3 is 0 Å². The number of benzene rings is 2. The summed E-state index contributed by atoms with van der Waals surface area (Å²) in [5.41, 5.74) is 3.27. The van der Waals surface area contributed by atoms with Crippen molar-refractivity contribution in [1.29, 1.82) is 0 Å². The van der Waals surface area contributed by atoms with Gasteiger partial charge in [-0.3, -0.25) is 4.79 Å². The molecule has 166 valence electrons. The van der Waals surface area contributed by atoms with Crippen molar-refractivity contribution in [2.75, 3.05) is 33.4 Å². The Labute approximate surface area is 186 Å². The molecule has 0 unspecified atom stereocenters. The van der Waals surface area contributed by atoms with E-state index in [1.165, 1.54) is 6.33 Å². The summed E-state index contributed by atoms with van der Waals surface area (Å²) in [4.78, 5) is 22.0. The van der Waals surface area contributed by atoms with E-state index in [0.29, 0.717) is 17.0 Å². The molecule has 0 aliphatic carbocycles. The van der Waals surface area contributed by atoms with Gasteiger partial charge in [0, 0.05) is 43.1 Å². The van der Waals surface area contributed by atoms with Gasteiger partial charge in [0.05, 0.1) is 18.3 Å². The first kappa shape index (κ1) is 21.8. The van der Waals surface area contributed by atoms with Crippen LogP contribution in [-0.2, 0) is 0 Å². The molecular weight excluding hydrogens is 404 g/mol. The summed E-state index contributed by atoms with van der Waals surface area (Å²) < 4.78 is 7.88. The molecule has 0 spiro atoms. The van der Waals surface area contributed by atoms with E-state index in [2.05, 4.69) is 21.9 Å². The van der Waals surface area contributed by atoms with Gasteiger partial charge in [0.1, 0.15) is 5.75 Å². The molecule has 0 saturated carbocycles. The molecule has 2 aromatic carbocycles. The number of hydrogen-bond donors (Lipinski definition) is 2. The molecule has 7 nitrogen and oxygen atoms in total. The first-order valence-corrected chi connectivity index (χ1v) is 10.8. The highest BCUT2D eigenvalue weighted by molar-refractivity contribution is 5.94. The zero-order valence-electron chi connectivity index (χ0n) is 18.4. The zero-order chi connectivity index (χ0) is 22.5. The lowest BCUT2D eigenvalue weighted by molar-refractivity contribution is 0.0858. The Morgan fingerprint density at radius 3 is 2.47 bits per heavy atom. The molecule has 0 radical (unpaired) electrons. The number of aromatic nitrogens is 3. The fourth-order valence-electron chi connectivity index (χ4n) is 3.95. The number of para-hydroxylation sites is 1. The molecule has 0 amide bonds. The molecule has 2 aromatic heterocycles. The number of ether oxygens (including phenoxy) is 1. The van der Waals surface area contributed by atoms with Crippen molar-refractivity contribution in [1.82, 2.24) is 19.4 Å². The van der Waals surface area contributed by atoms with Crippen molar-refractivity contribution in [2.45, 2.75) is 6.92 Å². The van der Waals surface area contributed by atoms with E-state index >= 15 is 0 Å². The third kappa shape index (κ3) is 4.59. The molecule has 4 aromatic rings. The van der Waals surface area contributed by atoms with Gasteiger partial charge in [-0.25, -0.2) is 4.98 Å². The Morgan fingerprint density at radius 1 is 1.12 bits per heavy atom. The van der Waals surface area contributed by atoms with Gasteiger partial charge in [0.15, 0.2) is 5.65 Å². The Bertz CT molecular complexity index is 1210. The van der Waals surface area contributed by atoms with Crippen LogP contribution in [0, 0.1) is 5.92 Å². The van der Waals surface area contributed by atoms with Crippen LogP contribution in [0.5, 0.6) is 5.75 Å². The number of aromatic amines is 1. The summed E-state index contributed by atoms with van der Waals surface area (Å²) >= 11 is 0. The van der Waals surface area contributed by atoms with Crippen LogP contribution >= 0.6 is 0 Å². The summed E-state index contributed by atoms with van der Waals surface area (Å²) in [6, 6.07) is 17.8. The predicted octanol–water partition coefficient (Wildman–Crippen LogP) is 3.32. The smallest absolute Gasteiger partial charge is 0.260 e. The number of H-pyrrole nitrogens is 1. The van der Waals surface area contributed by atoms with E-state index in [1.54, 1.807) is 6.92 Å². The third-order valence-electron chi connectivity index (χ3n) is 5.41. The lowest BCUT2D eigenvalue weighted by Gasteiger charge is -2.35. The minimum Gasteiger partial charge on any atom is -0.493 e. The lowest BCUT2D eigenvalue weighted by Crippen LogP contribution is -2.46. The van der Waals surface area contributed by atoms with E-state index in [0.717, 1.165) is 42.3 Å². The van der Waals surface area contributed by atoms with Crippen LogP contribution in [-0.4, -0.2) is 57.9 Å². The molecule has 5 rings (SSSR count). The maximum Gasteiger partial charge on any atom is 0.260 e. The number of likely N-dealkylation sites (tertiary alicyclic amines) is 1. The average molecular weight is 433 g/mol. The van der Waals surface area contributed by atoms with Crippen LogP contribution < -0.4 is 10.3 Å². The second kappa shape index (κ2) is 9.80. The number of nitrogens with zero attached hydrogens (tertiary/aromatic N) is 3. The molecule has 32 heavy (non-hydrogen) atoms. The summed E-state index contributed by atoms with van der Waals surface area (Å²) in [7, 11) is 2.12. The van der Waals surface area contributed by atoms with Crippen LogP contribution in [0.2, 0.25) is 0 Å². The standard InChI is InChI=1S/C23H22N4O2.C2H6O/c1-26-11-16(12-26)14-29-19-9-7-17(8-10-19)20-13-27(18-5-3-2-4-6-18)22-21(20)23(28)25-15-24-22;1-2-3/h2-10,13,15-16H,11-12,14H2,1H3,(H,24,25,28);3H,2H2,1H3. The van der Waals surface area contributed by atoms with Crippen LogP contribution in [0.1, 0.15) is 6.92 Å². The van der Waals surface area contributed by atoms with Crippen LogP contribution in [0.3, 0.4) is 0 Å². The first-order valence-electron chi connectivity index (χ1n) is 10.8. The maximum absolute atomic E-state index is 12.6. The van der Waals surface area contributed by atoms with E-state index in [4.69, 9.17) is 9.84 Å². The molecule has 1 aliphatic rings. The summed E-state index contributed by atoms with van der Waals surface area (Å²) in [6.45, 7) is 4.85. The van der Waals surface area contributed by atoms with E-state index in [1.807, 2.05) is 65.4 Å². The number of aliphatic hydroxyl groups is 1. The Balaban J connectivity index is 0.000000775. The van der Waals surface area contributed by atoms with Crippen LogP contribution in [0.4, 0.5) is 0 Å². The third-order valence-corrected chi connectivity index (χ3v) is 5.41. The van der Waals surface area contributed by atoms with Gasteiger partial charge in [-0.05, 0) is 43.8 Å². The minimum atomic E-state index is -0.144. The van der Waals surface area contributed by atoms with Gasteiger partial charge in [0.25, 0.3) is 5.56 Å². The quantitative estimate of drug-likeness (QED) is 0.506. The van der Waals surface area contributed by atoms with Crippen molar-refractivity contribution in [3.8, 4) is 22.6 Å². The van der Waals surface area contributed by atoms with Crippen molar-refractivity contribution >= 4 is 11.0 Å². The van der Waals surface area contributed by atoms with Crippen LogP contribution in [0.15, 0.2) is 71.9 Å². The van der Waals surface area contributed by atoms with Crippen molar-refractivity contribution in [2.24, 2.45) is 5.92 Å². The number of nitrogens with one attached hydrogen (secondary N) is 1. The molecule has 1 saturated heterocycles. The number of fused-ring (bicyclic) bond motifs is 1. The van der Waals surface area contributed by atoms with Crippen molar-refractivity contribution < 1.29 is 9.84 Å². The normalized spacial score (nSPS) is 14.0. The topological polar surface area (TPSA) is 83.4 Å². The van der Waals surface area contributed by atoms with Gasteiger partial charge < -0.3 is 24.3 Å². The van der Waals surface area contributed by atoms with Gasteiger partial charge in [-0.1, -0.05) is 30.3 Å². The fourth-order valence-corrected chi connectivity index (χ4v) is 3.95. The number of rotatable bonds is 5. The summed E-state index contributed by atoms with van der Waals surface area (Å²) in [5.74, 6) is 1.45. The largest absolute Gasteiger partial charge is 0.493 e. The second-order valence-corrected chi connectivity index (χ2v) is 7.92. The molecule has 0 bridgehead atoms. The SMILES string of the molecule is CCO.CN1CC(COc2ccc(-c3cn(-c4ccccc4)c4nc[nH]c(=O)c34)cc2)C1. The molecule has 1 fully saturated rings. The molecule has 3 heterocycles.